The van der Waals surface area contributed by atoms with Crippen molar-refractivity contribution >= 4 is 39.5 Å². The predicted molar refractivity (Wildman–Crippen MR) is 146 cm³/mol. The molecule has 43 heavy (non-hydrogen) atoms. The first-order valence-electron chi connectivity index (χ1n) is 12.6. The van der Waals surface area contributed by atoms with Gasteiger partial charge in [0, 0.05) is 55.7 Å². The third kappa shape index (κ3) is 9.16. The fraction of sp³-hybridized carbons (Fsp3) is 0.423. The van der Waals surface area contributed by atoms with Crippen LogP contribution in [0, 0.1) is 18.3 Å². The zero-order valence-corrected chi connectivity index (χ0v) is 23.9. The van der Waals surface area contributed by atoms with Gasteiger partial charge >= 0.3 is 6.18 Å². The lowest BCUT2D eigenvalue weighted by molar-refractivity contribution is -0.141. The van der Waals surface area contributed by atoms with Crippen molar-refractivity contribution < 1.29 is 45.7 Å². The first kappa shape index (κ1) is 35.0. The summed E-state index contributed by atoms with van der Waals surface area (Å²) in [5.41, 5.74) is 2.28. The lowest BCUT2D eigenvalue weighted by atomic mass is 10.00. The van der Waals surface area contributed by atoms with Crippen LogP contribution in [0.3, 0.4) is 0 Å². The van der Waals surface area contributed by atoms with Crippen molar-refractivity contribution in [3.8, 4) is 6.07 Å². The van der Waals surface area contributed by atoms with E-state index in [4.69, 9.17) is 15.6 Å². The van der Waals surface area contributed by atoms with E-state index in [0.29, 0.717) is 0 Å². The van der Waals surface area contributed by atoms with Crippen LogP contribution in [0.1, 0.15) is 52.9 Å². The Kier molecular flexibility index (Phi) is 11.7. The molecule has 1 aliphatic heterocycles. The second kappa shape index (κ2) is 14.3. The molecule has 1 fully saturated rings. The quantitative estimate of drug-likeness (QED) is 0.311. The maximum absolute atomic E-state index is 14.0. The molecule has 234 valence electrons. The van der Waals surface area contributed by atoms with Gasteiger partial charge < -0.3 is 21.1 Å². The zero-order valence-electron chi connectivity index (χ0n) is 23.1. The van der Waals surface area contributed by atoms with E-state index in [9.17, 15) is 41.0 Å². The number of carboxylic acid groups (broad SMARTS) is 1. The van der Waals surface area contributed by atoms with Crippen LogP contribution in [-0.4, -0.2) is 64.4 Å². The lowest BCUT2D eigenvalue weighted by Gasteiger charge is -2.27. The Labute approximate surface area is 244 Å². The van der Waals surface area contributed by atoms with Gasteiger partial charge in [0.15, 0.2) is 5.69 Å². The minimum absolute atomic E-state index is 0.0101. The lowest BCUT2D eigenvalue weighted by Crippen LogP contribution is -2.31. The molecule has 2 aromatic rings. The van der Waals surface area contributed by atoms with Crippen molar-refractivity contribution in [3.05, 3.63) is 46.6 Å². The number of carbonyl (C=O) groups excluding carboxylic acids is 2. The number of anilines is 2. The van der Waals surface area contributed by atoms with Gasteiger partial charge in [-0.15, -0.1) is 0 Å². The summed E-state index contributed by atoms with van der Waals surface area (Å²) in [6, 6.07) is 6.98. The summed E-state index contributed by atoms with van der Waals surface area (Å²) in [6.45, 7) is 0.458. The first-order chi connectivity index (χ1) is 20.0. The molecule has 2 amide bonds. The highest BCUT2D eigenvalue weighted by Gasteiger charge is 2.40. The van der Waals surface area contributed by atoms with Gasteiger partial charge in [-0.05, 0) is 37.1 Å². The summed E-state index contributed by atoms with van der Waals surface area (Å²) in [5, 5.41) is 18.9. The average molecular weight is 633 g/mol. The van der Waals surface area contributed by atoms with E-state index in [1.807, 2.05) is 0 Å². The molecule has 0 radical (unpaired) electrons. The van der Waals surface area contributed by atoms with Crippen LogP contribution >= 0.6 is 0 Å². The van der Waals surface area contributed by atoms with Crippen LogP contribution in [0.15, 0.2) is 33.5 Å². The Bertz CT molecular complexity index is 1530. The van der Waals surface area contributed by atoms with E-state index in [1.54, 1.807) is 0 Å². The number of hydrogen-bond acceptors (Lipinski definition) is 8. The van der Waals surface area contributed by atoms with Gasteiger partial charge in [0.25, 0.3) is 18.3 Å². The maximum atomic E-state index is 14.0. The van der Waals surface area contributed by atoms with Crippen molar-refractivity contribution in [1.29, 1.82) is 5.26 Å². The molecule has 1 aromatic carbocycles. The highest BCUT2D eigenvalue weighted by molar-refractivity contribution is 7.93. The Morgan fingerprint density at radius 2 is 1.95 bits per heavy atom. The summed E-state index contributed by atoms with van der Waals surface area (Å²) in [5.74, 6) is -5.14. The van der Waals surface area contributed by atoms with E-state index >= 15 is 0 Å². The number of carbonyl (C=O) groups is 3. The molecule has 1 atom stereocenters. The second-order valence-corrected chi connectivity index (χ2v) is 11.6. The highest BCUT2D eigenvalue weighted by atomic mass is 32.2. The van der Waals surface area contributed by atoms with E-state index < -0.39 is 63.6 Å². The molecule has 4 N–H and O–H groups in total. The smallest absolute Gasteiger partial charge is 0.434 e. The average Bonchev–Trinajstić information content (AvgIpc) is 3.08. The molecule has 1 aromatic heterocycles. The molecule has 11 nitrogen and oxygen atoms in total. The molecule has 3 rings (SSSR count). The fourth-order valence-corrected chi connectivity index (χ4v) is 5.49. The number of halogens is 5. The molecule has 1 aliphatic rings. The fourth-order valence-electron chi connectivity index (χ4n) is 4.23. The van der Waals surface area contributed by atoms with Gasteiger partial charge in [0.2, 0.25) is 5.92 Å². The largest absolute Gasteiger partial charge is 0.483 e. The Hall–Kier alpha value is -4.17. The summed E-state index contributed by atoms with van der Waals surface area (Å²) < 4.78 is 86.2. The minimum atomic E-state index is -5.05. The first-order valence-corrected chi connectivity index (χ1v) is 14.5. The van der Waals surface area contributed by atoms with Crippen LogP contribution in [0.25, 0.3) is 0 Å². The molecule has 1 saturated heterocycles. The van der Waals surface area contributed by atoms with Crippen LogP contribution in [-0.2, 0) is 25.5 Å². The molecule has 0 aliphatic carbocycles. The normalized spacial score (nSPS) is 15.9. The van der Waals surface area contributed by atoms with Crippen LogP contribution < -0.4 is 16.0 Å². The number of nitrogens with two attached hydrogens (primary N) is 1. The number of nitriles is 1. The number of rotatable bonds is 6. The van der Waals surface area contributed by atoms with Gasteiger partial charge in [-0.1, -0.05) is 6.07 Å². The zero-order chi connectivity index (χ0) is 32.6. The van der Waals surface area contributed by atoms with Crippen molar-refractivity contribution in [3.63, 3.8) is 0 Å². The molecular formula is C26H29F5N6O5S. The predicted octanol–water partition coefficient (Wildman–Crippen LogP) is 4.19. The van der Waals surface area contributed by atoms with Gasteiger partial charge in [-0.3, -0.25) is 14.4 Å². The van der Waals surface area contributed by atoms with Crippen LogP contribution in [0.5, 0.6) is 0 Å². The molecule has 1 unspecified atom stereocenters. The minimum Gasteiger partial charge on any atom is -0.483 e. The monoisotopic (exact) mass is 632 g/mol. The van der Waals surface area contributed by atoms with E-state index in [-0.39, 0.29) is 60.7 Å². The Morgan fingerprint density at radius 1 is 1.30 bits per heavy atom. The topological polar surface area (TPSA) is 179 Å². The summed E-state index contributed by atoms with van der Waals surface area (Å²) in [4.78, 5) is 38.6. The molecule has 0 bridgehead atoms. The summed E-state index contributed by atoms with van der Waals surface area (Å²) in [6.07, 6.45) is -5.14. The van der Waals surface area contributed by atoms with Crippen LogP contribution in [0.2, 0.25) is 0 Å². The Balaban J connectivity index is 0.00000206. The number of benzene rings is 1. The summed E-state index contributed by atoms with van der Waals surface area (Å²) in [7, 11) is -3.23. The van der Waals surface area contributed by atoms with Crippen molar-refractivity contribution in [2.75, 3.05) is 36.1 Å². The summed E-state index contributed by atoms with van der Waals surface area (Å²) >= 11 is 0. The van der Waals surface area contributed by atoms with Crippen LogP contribution in [0.4, 0.5) is 33.5 Å². The molecular weight excluding hydrogens is 603 g/mol. The third-order valence-corrected chi connectivity index (χ3v) is 7.90. The van der Waals surface area contributed by atoms with Gasteiger partial charge in [-0.25, -0.2) is 18.0 Å². The number of pyridine rings is 1. The van der Waals surface area contributed by atoms with E-state index in [0.717, 1.165) is 6.92 Å². The second-order valence-electron chi connectivity index (χ2n) is 9.38. The molecule has 0 saturated carbocycles. The molecule has 17 heteroatoms. The highest BCUT2D eigenvalue weighted by Crippen LogP contribution is 2.38. The SMILES string of the molecule is Cc1c(C#N)c(C(F)(F)F)nc(N2CCCC(F)(F)CC2)c1C(=O)Nc1cccc(S(C)(=O)=NC(=O)CCN)c1.O=CO. The van der Waals surface area contributed by atoms with E-state index in [2.05, 4.69) is 14.7 Å². The number of aromatic nitrogens is 1. The van der Waals surface area contributed by atoms with Gasteiger partial charge in [0.05, 0.1) is 20.9 Å². The van der Waals surface area contributed by atoms with Crippen molar-refractivity contribution in [1.82, 2.24) is 4.98 Å². The maximum Gasteiger partial charge on any atom is 0.434 e. The third-order valence-electron chi connectivity index (χ3n) is 6.22. The number of amides is 2. The molecule has 0 spiro atoms. The van der Waals surface area contributed by atoms with Crippen molar-refractivity contribution in [2.45, 2.75) is 49.6 Å². The number of alkyl halides is 5. The standard InChI is InChI=1S/C25H27F5N6O3S.CH2O2/c1-15-18(14-32)21(25(28,29)30)34-22(36-11-4-8-24(26,27)9-12-36)20(15)23(38)33-16-5-3-6-17(13-16)40(2,39)35-19(37)7-10-31;2-1-3/h3,5-6,13H,4,7-12,31H2,1-2H3,(H,33,38);1H,(H,2,3). The number of hydrogen-bond donors (Lipinski definition) is 3. The van der Waals surface area contributed by atoms with E-state index in [1.165, 1.54) is 41.5 Å². The Morgan fingerprint density at radius 3 is 2.53 bits per heavy atom. The van der Waals surface area contributed by atoms with Crippen molar-refractivity contribution in [2.24, 2.45) is 10.1 Å². The number of nitrogens with zero attached hydrogens (tertiary/aromatic N) is 4. The van der Waals surface area contributed by atoms with Gasteiger partial charge in [0.1, 0.15) is 11.9 Å². The van der Waals surface area contributed by atoms with Gasteiger partial charge in [-0.2, -0.15) is 22.8 Å². The molecule has 2 heterocycles. The number of nitrogens with one attached hydrogen (secondary N) is 1.